The summed E-state index contributed by atoms with van der Waals surface area (Å²) in [6, 6.07) is 2.17. The fourth-order valence-electron chi connectivity index (χ4n) is 2.34. The van der Waals surface area contributed by atoms with Gasteiger partial charge in [0.15, 0.2) is 11.6 Å². The van der Waals surface area contributed by atoms with E-state index in [1.807, 2.05) is 27.7 Å². The molecule has 0 saturated carbocycles. The summed E-state index contributed by atoms with van der Waals surface area (Å²) in [5.41, 5.74) is -1.15. The molecule has 3 nitrogen and oxygen atoms in total. The van der Waals surface area contributed by atoms with E-state index in [-0.39, 0.29) is 11.2 Å². The maximum Gasteiger partial charge on any atom is 0.497 e. The maximum absolute atomic E-state index is 14.4. The molecule has 0 atom stereocenters. The lowest BCUT2D eigenvalue weighted by molar-refractivity contribution is 0.00578. The van der Waals surface area contributed by atoms with Gasteiger partial charge in [0.25, 0.3) is 0 Å². The van der Waals surface area contributed by atoms with Crippen molar-refractivity contribution in [2.45, 2.75) is 65.1 Å². The Bertz CT molecular complexity index is 545. The summed E-state index contributed by atoms with van der Waals surface area (Å²) in [6.07, 6.45) is 2.85. The predicted octanol–water partition coefficient (Wildman–Crippen LogP) is 3.83. The van der Waals surface area contributed by atoms with Crippen LogP contribution in [0.2, 0.25) is 0 Å². The summed E-state index contributed by atoms with van der Waals surface area (Å²) in [6.45, 7) is 9.91. The van der Waals surface area contributed by atoms with Crippen molar-refractivity contribution in [3.8, 4) is 5.75 Å². The highest BCUT2D eigenvalue weighted by molar-refractivity contribution is 6.62. The van der Waals surface area contributed by atoms with Gasteiger partial charge in [-0.3, -0.25) is 0 Å². The van der Waals surface area contributed by atoms with Gasteiger partial charge in [-0.1, -0.05) is 19.8 Å². The van der Waals surface area contributed by atoms with Gasteiger partial charge in [0.2, 0.25) is 0 Å². The Morgan fingerprint density at radius 3 is 2.17 bits per heavy atom. The Labute approximate surface area is 137 Å². The first-order valence-corrected chi connectivity index (χ1v) is 8.15. The first-order chi connectivity index (χ1) is 10.7. The van der Waals surface area contributed by atoms with E-state index in [1.165, 1.54) is 0 Å². The van der Waals surface area contributed by atoms with Gasteiger partial charge in [0.05, 0.1) is 17.8 Å². The molecule has 1 aliphatic rings. The van der Waals surface area contributed by atoms with Crippen LogP contribution < -0.4 is 10.2 Å². The van der Waals surface area contributed by atoms with Crippen LogP contribution in [-0.2, 0) is 9.31 Å². The number of ether oxygens (including phenoxy) is 1. The molecule has 23 heavy (non-hydrogen) atoms. The van der Waals surface area contributed by atoms with Crippen molar-refractivity contribution in [3.05, 3.63) is 23.8 Å². The predicted molar refractivity (Wildman–Crippen MR) is 87.1 cm³/mol. The quantitative estimate of drug-likeness (QED) is 0.587. The number of benzene rings is 1. The fourth-order valence-corrected chi connectivity index (χ4v) is 2.34. The van der Waals surface area contributed by atoms with Crippen LogP contribution >= 0.6 is 0 Å². The molecule has 1 saturated heterocycles. The van der Waals surface area contributed by atoms with E-state index < -0.39 is 30.0 Å². The lowest BCUT2D eigenvalue weighted by Crippen LogP contribution is -2.41. The highest BCUT2D eigenvalue weighted by atomic mass is 19.1. The summed E-state index contributed by atoms with van der Waals surface area (Å²) >= 11 is 0. The van der Waals surface area contributed by atoms with Crippen molar-refractivity contribution in [1.82, 2.24) is 0 Å². The van der Waals surface area contributed by atoms with E-state index in [9.17, 15) is 8.78 Å². The number of hydrogen-bond acceptors (Lipinski definition) is 3. The summed E-state index contributed by atoms with van der Waals surface area (Å²) in [7, 11) is -0.927. The van der Waals surface area contributed by atoms with Crippen LogP contribution in [0.4, 0.5) is 8.78 Å². The molecule has 0 amide bonds. The van der Waals surface area contributed by atoms with Crippen molar-refractivity contribution >= 4 is 12.6 Å². The topological polar surface area (TPSA) is 27.7 Å². The SMILES string of the molecule is CCCCCOc1cc(F)c(B2OC(C)(C)C(C)(C)O2)cc1F. The molecule has 6 heteroatoms. The second-order valence-corrected chi connectivity index (χ2v) is 6.95. The first kappa shape index (κ1) is 18.2. The minimum Gasteiger partial charge on any atom is -0.490 e. The van der Waals surface area contributed by atoms with Gasteiger partial charge in [-0.05, 0) is 40.2 Å². The van der Waals surface area contributed by atoms with Crippen LogP contribution in [0.1, 0.15) is 53.9 Å². The molecule has 1 fully saturated rings. The third-order valence-corrected chi connectivity index (χ3v) is 4.56. The van der Waals surface area contributed by atoms with E-state index in [1.54, 1.807) is 0 Å². The Morgan fingerprint density at radius 1 is 1.00 bits per heavy atom. The van der Waals surface area contributed by atoms with Gasteiger partial charge in [-0.15, -0.1) is 0 Å². The molecule has 2 rings (SSSR count). The van der Waals surface area contributed by atoms with E-state index in [0.717, 1.165) is 31.4 Å². The largest absolute Gasteiger partial charge is 0.497 e. The molecule has 0 bridgehead atoms. The molecule has 0 spiro atoms. The lowest BCUT2D eigenvalue weighted by Gasteiger charge is -2.32. The summed E-state index contributed by atoms with van der Waals surface area (Å²) < 4.78 is 45.4. The zero-order valence-corrected chi connectivity index (χ0v) is 14.5. The van der Waals surface area contributed by atoms with Crippen molar-refractivity contribution in [3.63, 3.8) is 0 Å². The van der Waals surface area contributed by atoms with E-state index in [2.05, 4.69) is 6.92 Å². The molecule has 0 radical (unpaired) electrons. The van der Waals surface area contributed by atoms with E-state index >= 15 is 0 Å². The smallest absolute Gasteiger partial charge is 0.490 e. The Hall–Kier alpha value is -1.14. The van der Waals surface area contributed by atoms with Crippen LogP contribution in [0.5, 0.6) is 5.75 Å². The molecule has 1 aromatic carbocycles. The van der Waals surface area contributed by atoms with Crippen molar-refractivity contribution in [2.24, 2.45) is 0 Å². The van der Waals surface area contributed by atoms with E-state index in [4.69, 9.17) is 14.0 Å². The van der Waals surface area contributed by atoms with Gasteiger partial charge in [0, 0.05) is 11.5 Å². The standard InChI is InChI=1S/C17H25BF2O3/c1-6-7-8-9-21-15-11-13(19)12(10-14(15)20)18-22-16(2,3)17(4,5)23-18/h10-11H,6-9H2,1-5H3. The maximum atomic E-state index is 14.4. The minimum absolute atomic E-state index is 0.0575. The molecule has 0 aliphatic carbocycles. The molecule has 0 aromatic heterocycles. The van der Waals surface area contributed by atoms with Crippen molar-refractivity contribution < 1.29 is 22.8 Å². The number of hydrogen-bond donors (Lipinski definition) is 0. The molecule has 1 heterocycles. The Balaban J connectivity index is 2.15. The molecule has 0 N–H and O–H groups in total. The third kappa shape index (κ3) is 3.86. The monoisotopic (exact) mass is 326 g/mol. The zero-order valence-electron chi connectivity index (χ0n) is 14.5. The first-order valence-electron chi connectivity index (χ1n) is 8.15. The van der Waals surface area contributed by atoms with E-state index in [0.29, 0.717) is 6.61 Å². The second-order valence-electron chi connectivity index (χ2n) is 6.95. The summed E-state index contributed by atoms with van der Waals surface area (Å²) in [5, 5.41) is 0. The molecule has 0 unspecified atom stereocenters. The van der Waals surface area contributed by atoms with Crippen LogP contribution in [0.25, 0.3) is 0 Å². The van der Waals surface area contributed by atoms with Crippen molar-refractivity contribution in [2.75, 3.05) is 6.61 Å². The normalized spacial score (nSPS) is 19.2. The Morgan fingerprint density at radius 2 is 1.61 bits per heavy atom. The molecular formula is C17H25BF2O3. The van der Waals surface area contributed by atoms with Gasteiger partial charge in [-0.25, -0.2) is 8.78 Å². The van der Waals surface area contributed by atoms with Crippen LogP contribution in [0.15, 0.2) is 12.1 Å². The average Bonchev–Trinajstić information content (AvgIpc) is 2.66. The van der Waals surface area contributed by atoms with Crippen LogP contribution in [0, 0.1) is 11.6 Å². The van der Waals surface area contributed by atoms with Gasteiger partial charge >= 0.3 is 7.12 Å². The minimum atomic E-state index is -0.927. The molecule has 1 aliphatic heterocycles. The van der Waals surface area contributed by atoms with Gasteiger partial charge in [-0.2, -0.15) is 0 Å². The van der Waals surface area contributed by atoms with Gasteiger partial charge < -0.3 is 14.0 Å². The molecular weight excluding hydrogens is 301 g/mol. The lowest BCUT2D eigenvalue weighted by atomic mass is 9.78. The Kier molecular flexibility index (Phi) is 5.36. The number of unbranched alkanes of at least 4 members (excludes halogenated alkanes) is 2. The zero-order chi connectivity index (χ0) is 17.3. The van der Waals surface area contributed by atoms with Crippen LogP contribution in [0.3, 0.4) is 0 Å². The summed E-state index contributed by atoms with van der Waals surface area (Å²) in [5.74, 6) is -1.26. The number of halogens is 2. The molecule has 128 valence electrons. The fraction of sp³-hybridized carbons (Fsp3) is 0.647. The highest BCUT2D eigenvalue weighted by Gasteiger charge is 2.52. The summed E-state index contributed by atoms with van der Waals surface area (Å²) in [4.78, 5) is 0. The van der Waals surface area contributed by atoms with Crippen molar-refractivity contribution in [1.29, 1.82) is 0 Å². The number of rotatable bonds is 6. The molecule has 1 aromatic rings. The highest BCUT2D eigenvalue weighted by Crippen LogP contribution is 2.37. The average molecular weight is 326 g/mol. The second kappa shape index (κ2) is 6.77. The van der Waals surface area contributed by atoms with Crippen LogP contribution in [-0.4, -0.2) is 24.9 Å². The van der Waals surface area contributed by atoms with Gasteiger partial charge in [0.1, 0.15) is 5.82 Å². The third-order valence-electron chi connectivity index (χ3n) is 4.56.